The Morgan fingerprint density at radius 2 is 1.79 bits per heavy atom. The van der Waals surface area contributed by atoms with Crippen molar-refractivity contribution in [2.75, 3.05) is 11.5 Å². The number of nitrogens with one attached hydrogen (secondary N) is 1. The Labute approximate surface area is 203 Å². The second kappa shape index (κ2) is 9.54. The lowest BCUT2D eigenvalue weighted by atomic mass is 9.88. The molecular formula is C23H21Cl2F3N2O4. The molecule has 1 aliphatic heterocycles. The van der Waals surface area contributed by atoms with E-state index in [0.717, 1.165) is 41.5 Å². The Bertz CT molecular complexity index is 1090. The first-order chi connectivity index (χ1) is 16.0. The number of halogens is 5. The van der Waals surface area contributed by atoms with Gasteiger partial charge in [0.2, 0.25) is 0 Å². The van der Waals surface area contributed by atoms with Crippen LogP contribution in [0.5, 0.6) is 0 Å². The van der Waals surface area contributed by atoms with E-state index in [0.29, 0.717) is 16.5 Å². The van der Waals surface area contributed by atoms with E-state index in [1.54, 1.807) is 18.2 Å². The van der Waals surface area contributed by atoms with Crippen molar-refractivity contribution in [2.24, 2.45) is 5.92 Å². The van der Waals surface area contributed by atoms with Crippen LogP contribution in [0, 0.1) is 5.92 Å². The van der Waals surface area contributed by atoms with Crippen LogP contribution < -0.4 is 10.2 Å². The maximum atomic E-state index is 13.3. The molecule has 2 aromatic rings. The predicted molar refractivity (Wildman–Crippen MR) is 120 cm³/mol. The molecule has 2 aliphatic rings. The summed E-state index contributed by atoms with van der Waals surface area (Å²) in [5.74, 6) is 0.0967. The first kappa shape index (κ1) is 24.5. The molecule has 4 rings (SSSR count). The largest absolute Gasteiger partial charge is 0.465 e. The normalized spacial score (nSPS) is 20.0. The lowest BCUT2D eigenvalue weighted by Crippen LogP contribution is -2.48. The lowest BCUT2D eigenvalue weighted by molar-refractivity contribution is -0.137. The molecule has 0 saturated heterocycles. The summed E-state index contributed by atoms with van der Waals surface area (Å²) in [6, 6.07) is 6.59. The monoisotopic (exact) mass is 516 g/mol. The number of nitrogens with zero attached hydrogens (tertiary/aromatic N) is 1. The van der Waals surface area contributed by atoms with E-state index in [4.69, 9.17) is 27.9 Å². The second-order valence-electron chi connectivity index (χ2n) is 8.42. The molecule has 0 bridgehead atoms. The van der Waals surface area contributed by atoms with Crippen molar-refractivity contribution in [3.8, 4) is 0 Å². The van der Waals surface area contributed by atoms with Crippen molar-refractivity contribution in [1.82, 2.24) is 5.32 Å². The Hall–Kier alpha value is -2.65. The van der Waals surface area contributed by atoms with Gasteiger partial charge in [0.15, 0.2) is 0 Å². The molecule has 2 N–H and O–H groups in total. The molecule has 0 aromatic heterocycles. The van der Waals surface area contributed by atoms with Gasteiger partial charge in [-0.1, -0.05) is 23.2 Å². The molecule has 34 heavy (non-hydrogen) atoms. The summed E-state index contributed by atoms with van der Waals surface area (Å²) in [5.41, 5.74) is 0.0729. The fraction of sp³-hybridized carbons (Fsp3) is 0.391. The zero-order valence-corrected chi connectivity index (χ0v) is 19.3. The smallest absolute Gasteiger partial charge is 0.416 e. The average molecular weight is 517 g/mol. The molecular weight excluding hydrogens is 496 g/mol. The number of amides is 2. The summed E-state index contributed by atoms with van der Waals surface area (Å²) in [4.78, 5) is 25.6. The second-order valence-corrected chi connectivity index (χ2v) is 9.30. The molecule has 0 spiro atoms. The van der Waals surface area contributed by atoms with Crippen molar-refractivity contribution in [1.29, 1.82) is 0 Å². The van der Waals surface area contributed by atoms with Crippen LogP contribution in [0.3, 0.4) is 0 Å². The van der Waals surface area contributed by atoms with Gasteiger partial charge < -0.3 is 15.2 Å². The Kier molecular flexibility index (Phi) is 6.87. The van der Waals surface area contributed by atoms with Crippen molar-refractivity contribution >= 4 is 41.1 Å². The van der Waals surface area contributed by atoms with Crippen LogP contribution in [0.1, 0.15) is 42.0 Å². The number of carboxylic acid groups (broad SMARTS) is 1. The Morgan fingerprint density at radius 3 is 2.38 bits per heavy atom. The van der Waals surface area contributed by atoms with E-state index in [1.807, 2.05) is 0 Å². The minimum atomic E-state index is -4.61. The minimum absolute atomic E-state index is 0.00201. The van der Waals surface area contributed by atoms with Gasteiger partial charge in [0.25, 0.3) is 0 Å². The summed E-state index contributed by atoms with van der Waals surface area (Å²) in [5, 5.41) is 13.3. The summed E-state index contributed by atoms with van der Waals surface area (Å²) >= 11 is 11.9. The fourth-order valence-electron chi connectivity index (χ4n) is 4.35. The average Bonchev–Trinajstić information content (AvgIpc) is 3.57. The van der Waals surface area contributed by atoms with Crippen molar-refractivity contribution in [3.63, 3.8) is 0 Å². The van der Waals surface area contributed by atoms with Gasteiger partial charge in [-0.2, -0.15) is 13.2 Å². The van der Waals surface area contributed by atoms with E-state index in [2.05, 4.69) is 5.32 Å². The van der Waals surface area contributed by atoms with Gasteiger partial charge in [0, 0.05) is 22.5 Å². The predicted octanol–water partition coefficient (Wildman–Crippen LogP) is 6.69. The van der Waals surface area contributed by atoms with E-state index >= 15 is 0 Å². The number of benzene rings is 2. The molecule has 1 heterocycles. The maximum Gasteiger partial charge on any atom is 0.416 e. The molecule has 182 valence electrons. The Balaban J connectivity index is 1.52. The number of alkyl halides is 3. The van der Waals surface area contributed by atoms with Crippen LogP contribution in [0.2, 0.25) is 10.0 Å². The third-order valence-electron chi connectivity index (χ3n) is 6.01. The van der Waals surface area contributed by atoms with Crippen LogP contribution in [0.15, 0.2) is 36.4 Å². The summed E-state index contributed by atoms with van der Waals surface area (Å²) in [6.45, 7) is -0.00201. The number of rotatable bonds is 5. The summed E-state index contributed by atoms with van der Waals surface area (Å²) in [6.07, 6.45) is -4.51. The first-order valence-corrected chi connectivity index (χ1v) is 11.4. The summed E-state index contributed by atoms with van der Waals surface area (Å²) in [7, 11) is 0. The number of ether oxygens (including phenoxy) is 1. The zero-order chi connectivity index (χ0) is 24.6. The van der Waals surface area contributed by atoms with Gasteiger partial charge in [-0.25, -0.2) is 9.59 Å². The minimum Gasteiger partial charge on any atom is -0.465 e. The highest BCUT2D eigenvalue weighted by molar-refractivity contribution is 6.34. The van der Waals surface area contributed by atoms with Gasteiger partial charge in [-0.15, -0.1) is 0 Å². The number of fused-ring (bicyclic) bond motifs is 1. The quantitative estimate of drug-likeness (QED) is 0.464. The van der Waals surface area contributed by atoms with Gasteiger partial charge >= 0.3 is 18.4 Å². The van der Waals surface area contributed by atoms with Crippen LogP contribution in [-0.2, 0) is 17.3 Å². The summed E-state index contributed by atoms with van der Waals surface area (Å²) < 4.78 is 45.3. The van der Waals surface area contributed by atoms with Crippen molar-refractivity contribution < 1.29 is 32.6 Å². The van der Waals surface area contributed by atoms with Gasteiger partial charge in [-0.3, -0.25) is 4.90 Å². The van der Waals surface area contributed by atoms with Gasteiger partial charge in [-0.05, 0) is 72.7 Å². The molecule has 6 nitrogen and oxygen atoms in total. The SMILES string of the molecule is O=C(N[C@H]1C[C@@H](C2CC2)N(C(=O)O)c2ccc(C(F)(F)F)cc21)OCCc1cc(Cl)cc(Cl)c1. The van der Waals surface area contributed by atoms with Gasteiger partial charge in [0.1, 0.15) is 0 Å². The van der Waals surface area contributed by atoms with Crippen LogP contribution in [0.25, 0.3) is 0 Å². The third kappa shape index (κ3) is 5.52. The number of hydrogen-bond donors (Lipinski definition) is 2. The molecule has 0 unspecified atom stereocenters. The van der Waals surface area contributed by atoms with Crippen LogP contribution >= 0.6 is 23.2 Å². The van der Waals surface area contributed by atoms with E-state index < -0.39 is 36.0 Å². The number of anilines is 1. The van der Waals surface area contributed by atoms with Gasteiger partial charge in [0.05, 0.1) is 23.9 Å². The number of carbonyl (C=O) groups excluding carboxylic acids is 1. The topological polar surface area (TPSA) is 78.9 Å². The number of hydrogen-bond acceptors (Lipinski definition) is 3. The molecule has 2 atom stereocenters. The number of alkyl carbamates (subject to hydrolysis) is 1. The third-order valence-corrected chi connectivity index (χ3v) is 6.45. The number of carbonyl (C=O) groups is 2. The highest BCUT2D eigenvalue weighted by atomic mass is 35.5. The van der Waals surface area contributed by atoms with E-state index in [-0.39, 0.29) is 30.2 Å². The van der Waals surface area contributed by atoms with Crippen molar-refractivity contribution in [2.45, 2.75) is 43.9 Å². The molecule has 1 saturated carbocycles. The van der Waals surface area contributed by atoms with E-state index in [1.165, 1.54) is 0 Å². The van der Waals surface area contributed by atoms with Crippen LogP contribution in [0.4, 0.5) is 28.4 Å². The molecule has 0 radical (unpaired) electrons. The molecule has 2 amide bonds. The first-order valence-electron chi connectivity index (χ1n) is 10.6. The molecule has 1 fully saturated rings. The van der Waals surface area contributed by atoms with E-state index in [9.17, 15) is 27.9 Å². The standard InChI is InChI=1S/C23H21Cl2F3N2O4/c24-15-7-12(8-16(25)10-15)5-6-34-21(31)29-18-11-20(13-1-2-13)30(22(32)33)19-4-3-14(9-17(18)19)23(26,27)28/h3-4,7-10,13,18,20H,1-2,5-6,11H2,(H,29,31)(H,32,33)/t18-,20-/m0/s1. The fourth-order valence-corrected chi connectivity index (χ4v) is 4.92. The lowest BCUT2D eigenvalue weighted by Gasteiger charge is -2.40. The molecule has 2 aromatic carbocycles. The molecule has 11 heteroatoms. The van der Waals surface area contributed by atoms with Crippen molar-refractivity contribution in [3.05, 3.63) is 63.1 Å². The molecule has 1 aliphatic carbocycles. The zero-order valence-electron chi connectivity index (χ0n) is 17.7. The Morgan fingerprint density at radius 1 is 1.12 bits per heavy atom. The highest BCUT2D eigenvalue weighted by Crippen LogP contribution is 2.47. The van der Waals surface area contributed by atoms with Crippen LogP contribution in [-0.4, -0.2) is 29.9 Å². The maximum absolute atomic E-state index is 13.3. The highest BCUT2D eigenvalue weighted by Gasteiger charge is 2.45.